The first-order valence-corrected chi connectivity index (χ1v) is 7.97. The van der Waals surface area contributed by atoms with E-state index in [1.54, 1.807) is 18.2 Å². The van der Waals surface area contributed by atoms with Gasteiger partial charge in [-0.25, -0.2) is 9.18 Å². The number of hydrogen-bond donors (Lipinski definition) is 1. The van der Waals surface area contributed by atoms with Gasteiger partial charge in [-0.15, -0.1) is 0 Å². The highest BCUT2D eigenvalue weighted by molar-refractivity contribution is 6.31. The summed E-state index contributed by atoms with van der Waals surface area (Å²) in [5, 5.41) is 2.92. The molecule has 2 aromatic carbocycles. The lowest BCUT2D eigenvalue weighted by Crippen LogP contribution is -2.34. The third kappa shape index (κ3) is 3.74. The summed E-state index contributed by atoms with van der Waals surface area (Å²) in [5.41, 5.74) is 1.18. The Morgan fingerprint density at radius 2 is 2.12 bits per heavy atom. The Balaban J connectivity index is 1.62. The summed E-state index contributed by atoms with van der Waals surface area (Å²) >= 11 is 5.79. The van der Waals surface area contributed by atoms with Gasteiger partial charge in [-0.3, -0.25) is 4.79 Å². The van der Waals surface area contributed by atoms with Crippen LogP contribution in [0.15, 0.2) is 36.4 Å². The van der Waals surface area contributed by atoms with Gasteiger partial charge in [-0.1, -0.05) is 11.6 Å². The number of methoxy groups -OCH3 is 1. The Morgan fingerprint density at radius 3 is 2.88 bits per heavy atom. The molecule has 1 N–H and O–H groups in total. The van der Waals surface area contributed by atoms with Gasteiger partial charge < -0.3 is 14.8 Å². The second kappa shape index (κ2) is 7.11. The van der Waals surface area contributed by atoms with Gasteiger partial charge in [0.2, 0.25) is 0 Å². The minimum Gasteiger partial charge on any atom is -0.488 e. The van der Waals surface area contributed by atoms with Gasteiger partial charge in [0.05, 0.1) is 24.8 Å². The van der Waals surface area contributed by atoms with Gasteiger partial charge in [0.1, 0.15) is 17.7 Å². The fourth-order valence-electron chi connectivity index (χ4n) is 2.65. The highest BCUT2D eigenvalue weighted by Crippen LogP contribution is 2.29. The van der Waals surface area contributed by atoms with Crippen LogP contribution in [-0.4, -0.2) is 31.6 Å². The molecule has 1 heterocycles. The zero-order valence-corrected chi connectivity index (χ0v) is 14.1. The van der Waals surface area contributed by atoms with Crippen molar-refractivity contribution < 1.29 is 23.5 Å². The Hall–Kier alpha value is -2.60. The van der Waals surface area contributed by atoms with Gasteiger partial charge >= 0.3 is 5.97 Å². The molecule has 7 heteroatoms. The topological polar surface area (TPSA) is 64.6 Å². The molecule has 0 saturated heterocycles. The number of halogens is 2. The molecule has 3 rings (SSSR count). The quantitative estimate of drug-likeness (QED) is 0.848. The van der Waals surface area contributed by atoms with E-state index < -0.39 is 17.7 Å². The molecule has 0 spiro atoms. The highest BCUT2D eigenvalue weighted by atomic mass is 35.5. The third-order valence-corrected chi connectivity index (χ3v) is 4.12. The maximum Gasteiger partial charge on any atom is 0.337 e. The molecule has 1 atom stereocenters. The number of nitrogens with one attached hydrogen (secondary N) is 1. The van der Waals surface area contributed by atoms with Crippen molar-refractivity contribution in [3.05, 3.63) is 63.9 Å². The van der Waals surface area contributed by atoms with Crippen molar-refractivity contribution in [1.82, 2.24) is 5.32 Å². The van der Waals surface area contributed by atoms with Crippen LogP contribution in [-0.2, 0) is 11.2 Å². The molecular formula is C18H15ClFNO4. The van der Waals surface area contributed by atoms with Crippen LogP contribution in [0.5, 0.6) is 5.75 Å². The SMILES string of the molecule is COC(=O)c1ccc2c(c1)CC(CNC(=O)c1cc(Cl)ccc1F)O2. The van der Waals surface area contributed by atoms with Crippen molar-refractivity contribution in [1.29, 1.82) is 0 Å². The van der Waals surface area contributed by atoms with Gasteiger partial charge in [-0.05, 0) is 42.0 Å². The van der Waals surface area contributed by atoms with E-state index in [9.17, 15) is 14.0 Å². The zero-order valence-electron chi connectivity index (χ0n) is 13.3. The molecule has 0 bridgehead atoms. The van der Waals surface area contributed by atoms with Gasteiger partial charge in [0.25, 0.3) is 5.91 Å². The number of rotatable bonds is 4. The summed E-state index contributed by atoms with van der Waals surface area (Å²) in [6.07, 6.45) is 0.229. The van der Waals surface area contributed by atoms with Gasteiger partial charge in [0.15, 0.2) is 0 Å². The van der Waals surface area contributed by atoms with Crippen molar-refractivity contribution in [2.75, 3.05) is 13.7 Å². The maximum absolute atomic E-state index is 13.7. The summed E-state index contributed by atoms with van der Waals surface area (Å²) in [6, 6.07) is 8.82. The lowest BCUT2D eigenvalue weighted by molar-refractivity contribution is 0.0600. The number of ether oxygens (including phenoxy) is 2. The van der Waals surface area contributed by atoms with Crippen molar-refractivity contribution in [2.45, 2.75) is 12.5 Å². The first-order chi connectivity index (χ1) is 12.0. The molecule has 0 aromatic heterocycles. The minimum atomic E-state index is -0.639. The van der Waals surface area contributed by atoms with Crippen LogP contribution < -0.4 is 10.1 Å². The Morgan fingerprint density at radius 1 is 1.32 bits per heavy atom. The van der Waals surface area contributed by atoms with Crippen molar-refractivity contribution in [2.24, 2.45) is 0 Å². The van der Waals surface area contributed by atoms with Crippen LogP contribution in [0.2, 0.25) is 5.02 Å². The van der Waals surface area contributed by atoms with E-state index in [0.29, 0.717) is 17.7 Å². The normalized spacial score (nSPS) is 15.2. The Kier molecular flexibility index (Phi) is 4.90. The average Bonchev–Trinajstić information content (AvgIpc) is 3.03. The summed E-state index contributed by atoms with van der Waals surface area (Å²) < 4.78 is 24.1. The molecular weight excluding hydrogens is 349 g/mol. The lowest BCUT2D eigenvalue weighted by atomic mass is 10.1. The largest absolute Gasteiger partial charge is 0.488 e. The smallest absolute Gasteiger partial charge is 0.337 e. The van der Waals surface area contributed by atoms with Crippen LogP contribution in [0.25, 0.3) is 0 Å². The number of carbonyl (C=O) groups is 2. The average molecular weight is 364 g/mol. The van der Waals surface area contributed by atoms with Gasteiger partial charge in [-0.2, -0.15) is 0 Å². The minimum absolute atomic E-state index is 0.115. The molecule has 2 aromatic rings. The predicted molar refractivity (Wildman–Crippen MR) is 89.6 cm³/mol. The number of esters is 1. The van der Waals surface area contributed by atoms with E-state index in [1.165, 1.54) is 19.2 Å². The van der Waals surface area contributed by atoms with Crippen LogP contribution in [0.1, 0.15) is 26.3 Å². The molecule has 0 radical (unpaired) electrons. The summed E-state index contributed by atoms with van der Waals surface area (Å²) in [7, 11) is 1.32. The third-order valence-electron chi connectivity index (χ3n) is 3.89. The predicted octanol–water partition coefficient (Wildman–Crippen LogP) is 3.00. The van der Waals surface area contributed by atoms with Crippen molar-refractivity contribution in [3.8, 4) is 5.75 Å². The Labute approximate surface area is 148 Å². The monoisotopic (exact) mass is 363 g/mol. The summed E-state index contributed by atoms with van der Waals surface area (Å²) in [5.74, 6) is -0.966. The molecule has 1 aliphatic heterocycles. The van der Waals surface area contributed by atoms with Gasteiger partial charge in [0, 0.05) is 11.4 Å². The molecule has 25 heavy (non-hydrogen) atoms. The zero-order chi connectivity index (χ0) is 18.0. The van der Waals surface area contributed by atoms with E-state index in [-0.39, 0.29) is 23.2 Å². The molecule has 1 amide bonds. The number of fused-ring (bicyclic) bond motifs is 1. The maximum atomic E-state index is 13.7. The first kappa shape index (κ1) is 17.2. The second-order valence-corrected chi connectivity index (χ2v) is 6.03. The standard InChI is InChI=1S/C18H15ClFNO4/c1-24-18(23)10-2-5-16-11(6-10)7-13(25-16)9-21-17(22)14-8-12(19)3-4-15(14)20/h2-6,8,13H,7,9H2,1H3,(H,21,22). The second-order valence-electron chi connectivity index (χ2n) is 5.59. The van der Waals surface area contributed by atoms with Crippen LogP contribution in [0.3, 0.4) is 0 Å². The van der Waals surface area contributed by atoms with Crippen LogP contribution >= 0.6 is 11.6 Å². The molecule has 1 unspecified atom stereocenters. The van der Waals surface area contributed by atoms with Crippen LogP contribution in [0, 0.1) is 5.82 Å². The van der Waals surface area contributed by atoms with Crippen molar-refractivity contribution >= 4 is 23.5 Å². The fourth-order valence-corrected chi connectivity index (χ4v) is 2.82. The summed E-state index contributed by atoms with van der Waals surface area (Å²) in [4.78, 5) is 23.7. The van der Waals surface area contributed by atoms with E-state index in [1.807, 2.05) is 0 Å². The Bertz CT molecular complexity index is 840. The molecule has 0 saturated carbocycles. The molecule has 0 aliphatic carbocycles. The van der Waals surface area contributed by atoms with E-state index in [4.69, 9.17) is 16.3 Å². The fraction of sp³-hybridized carbons (Fsp3) is 0.222. The number of amides is 1. The lowest BCUT2D eigenvalue weighted by Gasteiger charge is -2.12. The van der Waals surface area contributed by atoms with Crippen LogP contribution in [0.4, 0.5) is 4.39 Å². The molecule has 130 valence electrons. The number of hydrogen-bond acceptors (Lipinski definition) is 4. The number of benzene rings is 2. The first-order valence-electron chi connectivity index (χ1n) is 7.59. The summed E-state index contributed by atoms with van der Waals surface area (Å²) in [6.45, 7) is 0.201. The number of carbonyl (C=O) groups excluding carboxylic acids is 2. The molecule has 0 fully saturated rings. The highest BCUT2D eigenvalue weighted by Gasteiger charge is 2.25. The van der Waals surface area contributed by atoms with Crippen molar-refractivity contribution in [3.63, 3.8) is 0 Å². The van der Waals surface area contributed by atoms with E-state index >= 15 is 0 Å². The van der Waals surface area contributed by atoms with E-state index in [0.717, 1.165) is 11.6 Å². The van der Waals surface area contributed by atoms with E-state index in [2.05, 4.69) is 10.1 Å². The molecule has 5 nitrogen and oxygen atoms in total. The molecule has 1 aliphatic rings.